The third-order valence-corrected chi connectivity index (χ3v) is 3.24. The maximum absolute atomic E-state index is 11.7. The van der Waals surface area contributed by atoms with Crippen molar-refractivity contribution in [1.29, 1.82) is 0 Å². The molecule has 122 valence electrons. The number of aryl methyl sites for hydroxylation is 1. The molecule has 0 fully saturated rings. The number of nitrogens with zero attached hydrogens (tertiary/aromatic N) is 3. The molecule has 0 atom stereocenters. The van der Waals surface area contributed by atoms with Crippen LogP contribution < -0.4 is 10.6 Å². The molecule has 1 heterocycles. The molecule has 0 bridgehead atoms. The van der Waals surface area contributed by atoms with E-state index in [-0.39, 0.29) is 11.6 Å². The fourth-order valence-electron chi connectivity index (χ4n) is 2.11. The number of hydrogen-bond acceptors (Lipinski definition) is 5. The van der Waals surface area contributed by atoms with Crippen LogP contribution in [0.4, 0.5) is 11.4 Å². The van der Waals surface area contributed by atoms with E-state index in [9.17, 15) is 14.9 Å². The molecule has 1 aromatic carbocycles. The molecule has 23 heavy (non-hydrogen) atoms. The van der Waals surface area contributed by atoms with Gasteiger partial charge in [0.15, 0.2) is 0 Å². The highest BCUT2D eigenvalue weighted by Gasteiger charge is 2.11. The summed E-state index contributed by atoms with van der Waals surface area (Å²) < 4.78 is 1.92. The third-order valence-electron chi connectivity index (χ3n) is 3.24. The van der Waals surface area contributed by atoms with E-state index in [0.717, 1.165) is 13.0 Å². The number of aromatic nitrogens is 2. The normalized spacial score (nSPS) is 10.3. The zero-order valence-corrected chi connectivity index (χ0v) is 12.6. The predicted octanol–water partition coefficient (Wildman–Crippen LogP) is 1.80. The van der Waals surface area contributed by atoms with Crippen molar-refractivity contribution >= 4 is 17.3 Å². The van der Waals surface area contributed by atoms with Crippen LogP contribution in [-0.4, -0.2) is 33.5 Å². The van der Waals surface area contributed by atoms with Gasteiger partial charge in [0, 0.05) is 44.5 Å². The first-order valence-corrected chi connectivity index (χ1v) is 7.36. The highest BCUT2D eigenvalue weighted by molar-refractivity contribution is 5.75. The lowest BCUT2D eigenvalue weighted by Crippen LogP contribution is -2.28. The van der Waals surface area contributed by atoms with Crippen LogP contribution in [0.3, 0.4) is 0 Å². The van der Waals surface area contributed by atoms with Gasteiger partial charge in [-0.25, -0.2) is 4.98 Å². The van der Waals surface area contributed by atoms with Crippen LogP contribution in [0.25, 0.3) is 0 Å². The van der Waals surface area contributed by atoms with Crippen molar-refractivity contribution in [1.82, 2.24) is 14.9 Å². The van der Waals surface area contributed by atoms with Gasteiger partial charge in [-0.3, -0.25) is 14.9 Å². The van der Waals surface area contributed by atoms with Crippen LogP contribution in [0.15, 0.2) is 43.0 Å². The number of nitro groups is 1. The van der Waals surface area contributed by atoms with E-state index in [4.69, 9.17) is 0 Å². The molecule has 0 radical (unpaired) electrons. The highest BCUT2D eigenvalue weighted by Crippen LogP contribution is 2.22. The van der Waals surface area contributed by atoms with Gasteiger partial charge >= 0.3 is 0 Å². The molecule has 0 unspecified atom stereocenters. The van der Waals surface area contributed by atoms with Crippen molar-refractivity contribution < 1.29 is 9.72 Å². The number of imidazole rings is 1. The number of hydrogen-bond donors (Lipinski definition) is 2. The maximum Gasteiger partial charge on any atom is 0.292 e. The summed E-state index contributed by atoms with van der Waals surface area (Å²) in [5.74, 6) is -0.0329. The lowest BCUT2D eigenvalue weighted by Gasteiger charge is -2.08. The van der Waals surface area contributed by atoms with Crippen molar-refractivity contribution in [2.45, 2.75) is 19.4 Å². The van der Waals surface area contributed by atoms with E-state index >= 15 is 0 Å². The average molecular weight is 317 g/mol. The zero-order chi connectivity index (χ0) is 16.5. The average Bonchev–Trinajstić information content (AvgIpc) is 3.05. The summed E-state index contributed by atoms with van der Waals surface area (Å²) in [5, 5.41) is 16.6. The number of para-hydroxylation sites is 2. The van der Waals surface area contributed by atoms with Crippen LogP contribution in [0.1, 0.15) is 12.8 Å². The van der Waals surface area contributed by atoms with Gasteiger partial charge in [-0.15, -0.1) is 0 Å². The Hall–Kier alpha value is -2.90. The predicted molar refractivity (Wildman–Crippen MR) is 86.1 cm³/mol. The first kappa shape index (κ1) is 16.5. The molecule has 0 aliphatic carbocycles. The Morgan fingerprint density at radius 2 is 2.13 bits per heavy atom. The summed E-state index contributed by atoms with van der Waals surface area (Å²) >= 11 is 0. The fourth-order valence-corrected chi connectivity index (χ4v) is 2.11. The summed E-state index contributed by atoms with van der Waals surface area (Å²) in [6.07, 6.45) is 6.45. The first-order chi connectivity index (χ1) is 11.2. The standard InChI is InChI=1S/C15H19N5O3/c21-15(6-3-10-19-11-9-16-12-19)18-8-7-17-13-4-1-2-5-14(13)20(22)23/h1-2,4-5,9,11-12,17H,3,6-8,10H2,(H,18,21). The molecular weight excluding hydrogens is 298 g/mol. The number of anilines is 1. The Bertz CT molecular complexity index is 642. The highest BCUT2D eigenvalue weighted by atomic mass is 16.6. The molecule has 2 N–H and O–H groups in total. The summed E-state index contributed by atoms with van der Waals surface area (Å²) in [6, 6.07) is 6.43. The van der Waals surface area contributed by atoms with Gasteiger partial charge in [-0.2, -0.15) is 0 Å². The number of rotatable bonds is 9. The van der Waals surface area contributed by atoms with Crippen molar-refractivity contribution in [3.8, 4) is 0 Å². The molecule has 1 amide bonds. The van der Waals surface area contributed by atoms with Crippen molar-refractivity contribution in [3.05, 3.63) is 53.1 Å². The van der Waals surface area contributed by atoms with Gasteiger partial charge < -0.3 is 15.2 Å². The van der Waals surface area contributed by atoms with Crippen molar-refractivity contribution in [2.75, 3.05) is 18.4 Å². The van der Waals surface area contributed by atoms with Gasteiger partial charge in [0.05, 0.1) is 11.3 Å². The maximum atomic E-state index is 11.7. The fraction of sp³-hybridized carbons (Fsp3) is 0.333. The molecule has 1 aromatic heterocycles. The Morgan fingerprint density at radius 1 is 1.30 bits per heavy atom. The number of carbonyl (C=O) groups is 1. The number of carbonyl (C=O) groups excluding carboxylic acids is 1. The quantitative estimate of drug-likeness (QED) is 0.417. The van der Waals surface area contributed by atoms with Crippen LogP contribution in [0.2, 0.25) is 0 Å². The molecule has 0 saturated heterocycles. The molecule has 0 spiro atoms. The SMILES string of the molecule is O=C(CCCn1ccnc1)NCCNc1ccccc1[N+](=O)[O-]. The minimum atomic E-state index is -0.434. The lowest BCUT2D eigenvalue weighted by atomic mass is 10.2. The summed E-state index contributed by atoms with van der Waals surface area (Å²) in [7, 11) is 0. The van der Waals surface area contributed by atoms with E-state index in [0.29, 0.717) is 25.2 Å². The second-order valence-electron chi connectivity index (χ2n) is 4.96. The summed E-state index contributed by atoms with van der Waals surface area (Å²) in [6.45, 7) is 1.59. The van der Waals surface area contributed by atoms with E-state index < -0.39 is 4.92 Å². The van der Waals surface area contributed by atoms with Crippen molar-refractivity contribution in [3.63, 3.8) is 0 Å². The van der Waals surface area contributed by atoms with Crippen LogP contribution in [0.5, 0.6) is 0 Å². The number of nitrogens with one attached hydrogen (secondary N) is 2. The smallest absolute Gasteiger partial charge is 0.292 e. The monoisotopic (exact) mass is 317 g/mol. The van der Waals surface area contributed by atoms with E-state index in [1.54, 1.807) is 30.7 Å². The number of amides is 1. The Morgan fingerprint density at radius 3 is 2.87 bits per heavy atom. The molecular formula is C15H19N5O3. The summed E-state index contributed by atoms with van der Waals surface area (Å²) in [5.41, 5.74) is 0.478. The van der Waals surface area contributed by atoms with Crippen LogP contribution in [-0.2, 0) is 11.3 Å². The van der Waals surface area contributed by atoms with Gasteiger partial charge in [-0.05, 0) is 12.5 Å². The van der Waals surface area contributed by atoms with Gasteiger partial charge in [0.1, 0.15) is 5.69 Å². The molecule has 0 saturated carbocycles. The molecule has 2 aromatic rings. The lowest BCUT2D eigenvalue weighted by molar-refractivity contribution is -0.384. The zero-order valence-electron chi connectivity index (χ0n) is 12.6. The summed E-state index contributed by atoms with van der Waals surface area (Å²) in [4.78, 5) is 26.1. The second kappa shape index (κ2) is 8.52. The molecule has 8 nitrogen and oxygen atoms in total. The Balaban J connectivity index is 1.63. The van der Waals surface area contributed by atoms with Gasteiger partial charge in [0.2, 0.25) is 5.91 Å². The van der Waals surface area contributed by atoms with E-state index in [2.05, 4.69) is 15.6 Å². The Kier molecular flexibility index (Phi) is 6.10. The molecule has 2 rings (SSSR count). The van der Waals surface area contributed by atoms with Crippen LogP contribution in [0, 0.1) is 10.1 Å². The first-order valence-electron chi connectivity index (χ1n) is 7.36. The van der Waals surface area contributed by atoms with Gasteiger partial charge in [0.25, 0.3) is 5.69 Å². The van der Waals surface area contributed by atoms with Crippen molar-refractivity contribution in [2.24, 2.45) is 0 Å². The van der Waals surface area contributed by atoms with E-state index in [1.165, 1.54) is 6.07 Å². The molecule has 0 aliphatic rings. The van der Waals surface area contributed by atoms with Gasteiger partial charge in [-0.1, -0.05) is 12.1 Å². The minimum Gasteiger partial charge on any atom is -0.378 e. The third kappa shape index (κ3) is 5.42. The largest absolute Gasteiger partial charge is 0.378 e. The van der Waals surface area contributed by atoms with E-state index in [1.807, 2.05) is 10.8 Å². The topological polar surface area (TPSA) is 102 Å². The number of benzene rings is 1. The van der Waals surface area contributed by atoms with Crippen LogP contribution >= 0.6 is 0 Å². The Labute approximate surface area is 133 Å². The molecule has 8 heteroatoms. The number of nitro benzene ring substituents is 1. The molecule has 0 aliphatic heterocycles. The second-order valence-corrected chi connectivity index (χ2v) is 4.96. The minimum absolute atomic E-state index is 0.0270.